The van der Waals surface area contributed by atoms with Crippen molar-refractivity contribution in [3.63, 3.8) is 0 Å². The summed E-state index contributed by atoms with van der Waals surface area (Å²) in [5.74, 6) is 0. The highest BCUT2D eigenvalue weighted by Crippen LogP contribution is 2.30. The van der Waals surface area contributed by atoms with E-state index in [0.29, 0.717) is 11.1 Å². The van der Waals surface area contributed by atoms with E-state index in [1.807, 2.05) is 31.3 Å². The Morgan fingerprint density at radius 2 is 1.19 bits per heavy atom. The average Bonchev–Trinajstić information content (AvgIpc) is 3.28. The second-order valence-electron chi connectivity index (χ2n) is 14.7. The molecule has 2 aromatic carbocycles. The third-order valence-electron chi connectivity index (χ3n) is 11.1. The van der Waals surface area contributed by atoms with Gasteiger partial charge in [0.1, 0.15) is 0 Å². The predicted octanol–water partition coefficient (Wildman–Crippen LogP) is 11.6. The molecular weight excluding hydrogens is 598 g/mol. The Kier molecular flexibility index (Phi) is 15.0. The van der Waals surface area contributed by atoms with E-state index in [-0.39, 0.29) is 5.56 Å². The third kappa shape index (κ3) is 11.1. The smallest absolute Gasteiger partial charge is 0.258 e. The largest absolute Gasteiger partial charge is 0.367 e. The van der Waals surface area contributed by atoms with Crippen molar-refractivity contribution >= 4 is 28.1 Å². The SMILES string of the molecule is Cn1c(-c2cccc(Cl)c2)cc2ccc(N3CCN4CCCCCCCCCCCCCCCCCCCCCC3CC4)cc2c1=O. The summed E-state index contributed by atoms with van der Waals surface area (Å²) in [6.07, 6.45) is 29.2. The lowest BCUT2D eigenvalue weighted by Crippen LogP contribution is -2.37. The van der Waals surface area contributed by atoms with Crippen LogP contribution in [0.1, 0.15) is 135 Å². The van der Waals surface area contributed by atoms with Gasteiger partial charge >= 0.3 is 0 Å². The van der Waals surface area contributed by atoms with E-state index in [1.54, 1.807) is 4.57 Å². The summed E-state index contributed by atoms with van der Waals surface area (Å²) in [4.78, 5) is 19.1. The van der Waals surface area contributed by atoms with E-state index < -0.39 is 0 Å². The molecule has 0 saturated carbocycles. The molecular formula is C42H62ClN3O. The maximum Gasteiger partial charge on any atom is 0.258 e. The molecule has 2 aliphatic rings. The van der Waals surface area contributed by atoms with Gasteiger partial charge in [-0.25, -0.2) is 0 Å². The molecule has 47 heavy (non-hydrogen) atoms. The molecule has 2 unspecified atom stereocenters. The number of fused-ring (bicyclic) bond motifs is 4. The first-order chi connectivity index (χ1) is 23.1. The Labute approximate surface area is 290 Å². The monoisotopic (exact) mass is 659 g/mol. The van der Waals surface area contributed by atoms with Gasteiger partial charge in [-0.2, -0.15) is 0 Å². The van der Waals surface area contributed by atoms with Crippen LogP contribution in [0.3, 0.4) is 0 Å². The van der Waals surface area contributed by atoms with E-state index >= 15 is 0 Å². The van der Waals surface area contributed by atoms with Crippen LogP contribution in [0, 0.1) is 0 Å². The van der Waals surface area contributed by atoms with Gasteiger partial charge in [0.2, 0.25) is 0 Å². The molecule has 5 rings (SSSR count). The fourth-order valence-corrected chi connectivity index (χ4v) is 8.30. The first kappa shape index (κ1) is 36.0. The average molecular weight is 660 g/mol. The topological polar surface area (TPSA) is 28.5 Å². The molecule has 3 heterocycles. The van der Waals surface area contributed by atoms with E-state index in [9.17, 15) is 4.79 Å². The second kappa shape index (κ2) is 19.6. The summed E-state index contributed by atoms with van der Waals surface area (Å²) in [5, 5.41) is 2.49. The van der Waals surface area contributed by atoms with Crippen LogP contribution in [0.5, 0.6) is 0 Å². The van der Waals surface area contributed by atoms with Crippen molar-refractivity contribution in [1.82, 2.24) is 9.47 Å². The fourth-order valence-electron chi connectivity index (χ4n) is 8.11. The van der Waals surface area contributed by atoms with Crippen LogP contribution < -0.4 is 10.5 Å². The van der Waals surface area contributed by atoms with Gasteiger partial charge in [-0.3, -0.25) is 4.79 Å². The third-order valence-corrected chi connectivity index (χ3v) is 11.3. The molecule has 2 atom stereocenters. The number of benzene rings is 2. The van der Waals surface area contributed by atoms with Crippen LogP contribution in [0.4, 0.5) is 5.69 Å². The minimum absolute atomic E-state index is 0.0597. The van der Waals surface area contributed by atoms with Gasteiger partial charge in [-0.1, -0.05) is 145 Å². The second-order valence-corrected chi connectivity index (χ2v) is 15.1. The van der Waals surface area contributed by atoms with Gasteiger partial charge in [0.25, 0.3) is 5.56 Å². The summed E-state index contributed by atoms with van der Waals surface area (Å²) in [5.41, 5.74) is 3.14. The van der Waals surface area contributed by atoms with Crippen LogP contribution in [0.15, 0.2) is 53.3 Å². The number of nitrogens with zero attached hydrogens (tertiary/aromatic N) is 3. The van der Waals surface area contributed by atoms with Crippen molar-refractivity contribution < 1.29 is 0 Å². The maximum absolute atomic E-state index is 13.8. The normalized spacial score (nSPS) is 22.7. The lowest BCUT2D eigenvalue weighted by atomic mass is 10.00. The molecule has 3 aromatic rings. The Hall–Kier alpha value is -2.30. The summed E-state index contributed by atoms with van der Waals surface area (Å²) in [6.45, 7) is 4.57. The number of hydrogen-bond acceptors (Lipinski definition) is 3. The van der Waals surface area contributed by atoms with E-state index in [0.717, 1.165) is 35.1 Å². The summed E-state index contributed by atoms with van der Waals surface area (Å²) < 4.78 is 1.79. The van der Waals surface area contributed by atoms with Crippen molar-refractivity contribution in [2.75, 3.05) is 31.1 Å². The lowest BCUT2D eigenvalue weighted by molar-refractivity contribution is 0.281. The zero-order valence-corrected chi connectivity index (χ0v) is 30.3. The molecule has 1 aromatic heterocycles. The molecule has 0 amide bonds. The Bertz CT molecular complexity index is 1420. The Morgan fingerprint density at radius 3 is 1.81 bits per heavy atom. The van der Waals surface area contributed by atoms with Crippen LogP contribution in [0.25, 0.3) is 22.0 Å². The number of anilines is 1. The van der Waals surface area contributed by atoms with Gasteiger partial charge < -0.3 is 14.4 Å². The van der Waals surface area contributed by atoms with Crippen molar-refractivity contribution in [2.24, 2.45) is 7.05 Å². The number of hydrogen-bond donors (Lipinski definition) is 0. The van der Waals surface area contributed by atoms with Gasteiger partial charge in [0, 0.05) is 48.8 Å². The molecule has 0 spiro atoms. The minimum Gasteiger partial charge on any atom is -0.367 e. The van der Waals surface area contributed by atoms with Gasteiger partial charge in [-0.05, 0) is 67.1 Å². The first-order valence-electron chi connectivity index (χ1n) is 19.5. The highest BCUT2D eigenvalue weighted by molar-refractivity contribution is 6.30. The van der Waals surface area contributed by atoms with Crippen molar-refractivity contribution in [3.8, 4) is 11.3 Å². The van der Waals surface area contributed by atoms with Crippen molar-refractivity contribution in [1.29, 1.82) is 0 Å². The van der Waals surface area contributed by atoms with Crippen LogP contribution in [-0.4, -0.2) is 41.7 Å². The first-order valence-corrected chi connectivity index (χ1v) is 19.9. The Balaban J connectivity index is 1.27. The predicted molar refractivity (Wildman–Crippen MR) is 204 cm³/mol. The molecule has 2 aliphatic heterocycles. The lowest BCUT2D eigenvalue weighted by Gasteiger charge is -2.32. The molecule has 4 nitrogen and oxygen atoms in total. The minimum atomic E-state index is 0.0597. The zero-order valence-electron chi connectivity index (χ0n) is 29.5. The zero-order chi connectivity index (χ0) is 32.7. The molecule has 5 heteroatoms. The molecule has 2 fully saturated rings. The quantitative estimate of drug-likeness (QED) is 0.274. The van der Waals surface area contributed by atoms with E-state index in [2.05, 4.69) is 34.1 Å². The van der Waals surface area contributed by atoms with Crippen LogP contribution >= 0.6 is 11.6 Å². The number of halogens is 1. The highest BCUT2D eigenvalue weighted by Gasteiger charge is 2.25. The Morgan fingerprint density at radius 1 is 0.596 bits per heavy atom. The van der Waals surface area contributed by atoms with Crippen LogP contribution in [-0.2, 0) is 7.05 Å². The van der Waals surface area contributed by atoms with Gasteiger partial charge in [-0.15, -0.1) is 0 Å². The number of aromatic nitrogens is 1. The summed E-state index contributed by atoms with van der Waals surface area (Å²) in [6, 6.07) is 17.1. The maximum atomic E-state index is 13.8. The van der Waals surface area contributed by atoms with E-state index in [4.69, 9.17) is 11.6 Å². The van der Waals surface area contributed by atoms with Crippen molar-refractivity contribution in [2.45, 2.75) is 141 Å². The summed E-state index contributed by atoms with van der Waals surface area (Å²) >= 11 is 6.30. The van der Waals surface area contributed by atoms with E-state index in [1.165, 1.54) is 154 Å². The van der Waals surface area contributed by atoms with Crippen molar-refractivity contribution in [3.05, 3.63) is 63.9 Å². The molecule has 0 radical (unpaired) electrons. The standard InChI is InChI=1S/C42H62ClN3O/c1-44-41(36-22-21-23-37(43)32-36)33-35-25-26-39(34-40(35)42(44)47)46-31-30-45-28-20-18-16-14-12-10-8-6-4-2-3-5-7-9-11-13-15-17-19-24-38(46)27-29-45/h21-23,25-26,32-34,38H,2-20,24,27-31H2,1H3. The molecule has 2 saturated heterocycles. The number of pyridine rings is 1. The van der Waals surface area contributed by atoms with Gasteiger partial charge in [0.15, 0.2) is 0 Å². The molecule has 0 N–H and O–H groups in total. The van der Waals surface area contributed by atoms with Gasteiger partial charge in [0.05, 0.1) is 5.69 Å². The van der Waals surface area contributed by atoms with Crippen LogP contribution in [0.2, 0.25) is 5.02 Å². The highest BCUT2D eigenvalue weighted by atomic mass is 35.5. The molecule has 2 bridgehead atoms. The summed E-state index contributed by atoms with van der Waals surface area (Å²) in [7, 11) is 1.88. The fraction of sp³-hybridized carbons (Fsp3) is 0.643. The number of rotatable bonds is 2. The molecule has 258 valence electrons. The molecule has 0 aliphatic carbocycles.